The summed E-state index contributed by atoms with van der Waals surface area (Å²) in [5.41, 5.74) is 2.92. The van der Waals surface area contributed by atoms with Crippen LogP contribution in [0.1, 0.15) is 39.2 Å². The van der Waals surface area contributed by atoms with Crippen molar-refractivity contribution in [2.75, 3.05) is 26.0 Å². The molecule has 1 aliphatic heterocycles. The van der Waals surface area contributed by atoms with Gasteiger partial charge in [0, 0.05) is 30.9 Å². The molecule has 118 valence electrons. The highest BCUT2D eigenvalue weighted by molar-refractivity contribution is 5.75. The van der Waals surface area contributed by atoms with Gasteiger partial charge in [-0.3, -0.25) is 0 Å². The fourth-order valence-electron chi connectivity index (χ4n) is 3.02. The molecule has 0 radical (unpaired) electrons. The maximum absolute atomic E-state index is 13.2. The molecule has 2 nitrogen and oxygen atoms in total. The van der Waals surface area contributed by atoms with E-state index in [9.17, 15) is 4.39 Å². The van der Waals surface area contributed by atoms with E-state index in [1.54, 1.807) is 0 Å². The fourth-order valence-corrected chi connectivity index (χ4v) is 3.02. The molecule has 0 saturated carbocycles. The summed E-state index contributed by atoms with van der Waals surface area (Å²) in [6, 6.07) is 5.41. The monoisotopic (exact) mass is 292 g/mol. The lowest BCUT2D eigenvalue weighted by Gasteiger charge is -2.21. The summed E-state index contributed by atoms with van der Waals surface area (Å²) in [6.07, 6.45) is 2.16. The van der Waals surface area contributed by atoms with Gasteiger partial charge >= 0.3 is 0 Å². The van der Waals surface area contributed by atoms with Gasteiger partial charge in [-0.2, -0.15) is 0 Å². The molecule has 0 spiro atoms. The molecule has 2 rings (SSSR count). The van der Waals surface area contributed by atoms with E-state index >= 15 is 0 Å². The molecule has 1 aliphatic rings. The zero-order valence-electron chi connectivity index (χ0n) is 14.0. The van der Waals surface area contributed by atoms with Crippen molar-refractivity contribution in [3.8, 4) is 0 Å². The molecule has 0 aliphatic carbocycles. The molecule has 0 amide bonds. The van der Waals surface area contributed by atoms with Gasteiger partial charge in [0.1, 0.15) is 5.82 Å². The van der Waals surface area contributed by atoms with Gasteiger partial charge in [-0.1, -0.05) is 27.4 Å². The second kappa shape index (κ2) is 8.18. The van der Waals surface area contributed by atoms with Crippen LogP contribution < -0.4 is 5.32 Å². The van der Waals surface area contributed by atoms with Gasteiger partial charge in [0.05, 0.1) is 0 Å². The van der Waals surface area contributed by atoms with Gasteiger partial charge in [0.2, 0.25) is 0 Å². The zero-order chi connectivity index (χ0) is 16.0. The molecule has 2 atom stereocenters. The van der Waals surface area contributed by atoms with E-state index < -0.39 is 0 Å². The maximum Gasteiger partial charge on any atom is 0.125 e. The third kappa shape index (κ3) is 4.57. The van der Waals surface area contributed by atoms with E-state index in [-0.39, 0.29) is 5.82 Å². The van der Waals surface area contributed by atoms with E-state index in [2.05, 4.69) is 30.8 Å². The molecule has 0 bridgehead atoms. The molecule has 21 heavy (non-hydrogen) atoms. The molecule has 1 fully saturated rings. The van der Waals surface area contributed by atoms with Crippen LogP contribution >= 0.6 is 0 Å². The minimum Gasteiger partial charge on any atom is -0.388 e. The van der Waals surface area contributed by atoms with Gasteiger partial charge in [-0.25, -0.2) is 4.39 Å². The molecule has 1 aromatic carbocycles. The summed E-state index contributed by atoms with van der Waals surface area (Å²) >= 11 is 0. The Kier molecular flexibility index (Phi) is 6.90. The summed E-state index contributed by atoms with van der Waals surface area (Å²) in [7, 11) is 3.99. The lowest BCUT2D eigenvalue weighted by atomic mass is 9.96. The number of nitrogens with zero attached hydrogens (tertiary/aromatic N) is 1. The second-order valence-electron chi connectivity index (χ2n) is 5.68. The summed E-state index contributed by atoms with van der Waals surface area (Å²) in [5.74, 6) is 0.535. The zero-order valence-corrected chi connectivity index (χ0v) is 14.0. The first-order valence-electron chi connectivity index (χ1n) is 7.87. The molecular weight excluding hydrogens is 263 g/mol. The standard InChI is InChI=1S/C16H23FN2.C2H6/c1-11-7-14(19(4)10-11)8-12(2)15-6-5-13(17)9-16(15)18-3;1-2/h5-6,9,11,14,18H,2,7-8,10H2,1,3-4H3;1-2H3. The number of hydrogen-bond donors (Lipinski definition) is 1. The Morgan fingerprint density at radius 2 is 2.10 bits per heavy atom. The number of anilines is 1. The van der Waals surface area contributed by atoms with Gasteiger partial charge in [0.15, 0.2) is 0 Å². The molecular formula is C18H29FN2. The molecule has 1 saturated heterocycles. The van der Waals surface area contributed by atoms with E-state index in [0.29, 0.717) is 6.04 Å². The minimum absolute atomic E-state index is 0.215. The first-order chi connectivity index (χ1) is 10.0. The Morgan fingerprint density at radius 1 is 1.43 bits per heavy atom. The number of rotatable bonds is 4. The topological polar surface area (TPSA) is 15.3 Å². The average Bonchev–Trinajstić information content (AvgIpc) is 2.78. The van der Waals surface area contributed by atoms with Crippen molar-refractivity contribution in [2.24, 2.45) is 5.92 Å². The largest absolute Gasteiger partial charge is 0.388 e. The normalized spacial score (nSPS) is 21.6. The lowest BCUT2D eigenvalue weighted by molar-refractivity contribution is 0.312. The Balaban J connectivity index is 0.00000106. The number of halogens is 1. The van der Waals surface area contributed by atoms with Crippen molar-refractivity contribution < 1.29 is 4.39 Å². The lowest BCUT2D eigenvalue weighted by Crippen LogP contribution is -2.25. The van der Waals surface area contributed by atoms with Crippen molar-refractivity contribution in [1.29, 1.82) is 0 Å². The molecule has 2 unspecified atom stereocenters. The third-order valence-corrected chi connectivity index (χ3v) is 4.01. The maximum atomic E-state index is 13.2. The predicted octanol–water partition coefficient (Wildman–Crippen LogP) is 4.64. The quantitative estimate of drug-likeness (QED) is 0.870. The van der Waals surface area contributed by atoms with Crippen LogP contribution in [0.5, 0.6) is 0 Å². The third-order valence-electron chi connectivity index (χ3n) is 4.01. The minimum atomic E-state index is -0.215. The van der Waals surface area contributed by atoms with Gasteiger partial charge in [-0.05, 0) is 49.6 Å². The van der Waals surface area contributed by atoms with E-state index in [0.717, 1.165) is 35.7 Å². The Bertz CT molecular complexity index is 470. The number of hydrogen-bond acceptors (Lipinski definition) is 2. The van der Waals surface area contributed by atoms with Crippen molar-refractivity contribution in [1.82, 2.24) is 4.90 Å². The molecule has 1 aromatic rings. The molecule has 3 heteroatoms. The van der Waals surface area contributed by atoms with Crippen molar-refractivity contribution in [2.45, 2.75) is 39.7 Å². The van der Waals surface area contributed by atoms with Crippen molar-refractivity contribution in [3.05, 3.63) is 36.2 Å². The summed E-state index contributed by atoms with van der Waals surface area (Å²) < 4.78 is 13.2. The van der Waals surface area contributed by atoms with Crippen LogP contribution in [0.2, 0.25) is 0 Å². The first-order valence-corrected chi connectivity index (χ1v) is 7.87. The van der Waals surface area contributed by atoms with Crippen molar-refractivity contribution >= 4 is 11.3 Å². The van der Waals surface area contributed by atoms with Crippen LogP contribution in [0.25, 0.3) is 5.57 Å². The van der Waals surface area contributed by atoms with Crippen LogP contribution in [-0.2, 0) is 0 Å². The highest BCUT2D eigenvalue weighted by Gasteiger charge is 2.27. The summed E-state index contributed by atoms with van der Waals surface area (Å²) in [6.45, 7) is 11.6. The van der Waals surface area contributed by atoms with E-state index in [1.807, 2.05) is 27.0 Å². The Morgan fingerprint density at radius 3 is 2.62 bits per heavy atom. The second-order valence-corrected chi connectivity index (χ2v) is 5.68. The van der Waals surface area contributed by atoms with Crippen LogP contribution in [0.4, 0.5) is 10.1 Å². The number of benzene rings is 1. The van der Waals surface area contributed by atoms with Crippen LogP contribution in [0, 0.1) is 11.7 Å². The van der Waals surface area contributed by atoms with Gasteiger partial charge in [-0.15, -0.1) is 0 Å². The number of nitrogens with one attached hydrogen (secondary N) is 1. The molecule has 1 heterocycles. The Hall–Kier alpha value is -1.35. The average molecular weight is 292 g/mol. The smallest absolute Gasteiger partial charge is 0.125 e. The first kappa shape index (κ1) is 17.7. The van der Waals surface area contributed by atoms with Crippen LogP contribution in [-0.4, -0.2) is 31.6 Å². The highest BCUT2D eigenvalue weighted by atomic mass is 19.1. The number of likely N-dealkylation sites (tertiary alicyclic amines) is 1. The van der Waals surface area contributed by atoms with Crippen LogP contribution in [0.15, 0.2) is 24.8 Å². The van der Waals surface area contributed by atoms with Gasteiger partial charge in [0.25, 0.3) is 0 Å². The van der Waals surface area contributed by atoms with Crippen LogP contribution in [0.3, 0.4) is 0 Å². The SMILES string of the molecule is C=C(CC1CC(C)CN1C)c1ccc(F)cc1NC.CC. The van der Waals surface area contributed by atoms with E-state index in [4.69, 9.17) is 0 Å². The van der Waals surface area contributed by atoms with Gasteiger partial charge < -0.3 is 10.2 Å². The Labute approximate surface area is 129 Å². The summed E-state index contributed by atoms with van der Waals surface area (Å²) in [5, 5.41) is 3.05. The molecule has 0 aromatic heterocycles. The fraction of sp³-hybridized carbons (Fsp3) is 0.556. The highest BCUT2D eigenvalue weighted by Crippen LogP contribution is 2.32. The van der Waals surface area contributed by atoms with Crippen molar-refractivity contribution in [3.63, 3.8) is 0 Å². The van der Waals surface area contributed by atoms with E-state index in [1.165, 1.54) is 18.6 Å². The predicted molar refractivity (Wildman–Crippen MR) is 91.1 cm³/mol. The molecule has 1 N–H and O–H groups in total. The summed E-state index contributed by atoms with van der Waals surface area (Å²) in [4.78, 5) is 2.40.